The van der Waals surface area contributed by atoms with E-state index in [0.717, 1.165) is 33.0 Å². The minimum atomic E-state index is -0.350. The number of carbonyl (C=O) groups is 2. The summed E-state index contributed by atoms with van der Waals surface area (Å²) in [6.45, 7) is 4.63. The Morgan fingerprint density at radius 1 is 1.23 bits per heavy atom. The Morgan fingerprint density at radius 3 is 2.64 bits per heavy atom. The number of ether oxygens (including phenoxy) is 1. The molecule has 0 bridgehead atoms. The van der Waals surface area contributed by atoms with E-state index in [-0.39, 0.29) is 11.9 Å². The number of anilines is 1. The minimum absolute atomic E-state index is 0.0337. The van der Waals surface area contributed by atoms with Crippen molar-refractivity contribution in [1.29, 1.82) is 0 Å². The van der Waals surface area contributed by atoms with Gasteiger partial charge in [-0.05, 0) is 50.1 Å². The van der Waals surface area contributed by atoms with E-state index in [9.17, 15) is 9.59 Å². The van der Waals surface area contributed by atoms with Crippen LogP contribution in [0.1, 0.15) is 36.0 Å². The van der Waals surface area contributed by atoms with Crippen LogP contribution in [-0.4, -0.2) is 25.5 Å². The topological polar surface area (TPSA) is 46.6 Å². The average molecular weight is 315 g/mol. The fourth-order valence-corrected chi connectivity index (χ4v) is 3.76. The van der Waals surface area contributed by atoms with E-state index in [1.54, 1.807) is 22.3 Å². The zero-order valence-corrected chi connectivity index (χ0v) is 13.6. The van der Waals surface area contributed by atoms with Crippen molar-refractivity contribution in [3.8, 4) is 0 Å². The number of rotatable bonds is 2. The van der Waals surface area contributed by atoms with E-state index < -0.39 is 0 Å². The number of hydrogen-bond acceptors (Lipinski definition) is 4. The fourth-order valence-electron chi connectivity index (χ4n) is 2.85. The molecule has 0 aliphatic carbocycles. The van der Waals surface area contributed by atoms with Crippen LogP contribution < -0.4 is 4.90 Å². The van der Waals surface area contributed by atoms with Crippen molar-refractivity contribution in [2.75, 3.05) is 18.6 Å². The molecular formula is C17H17NO3S. The molecule has 3 rings (SSSR count). The molecule has 1 aliphatic rings. The Balaban J connectivity index is 1.93. The molecule has 1 aromatic carbocycles. The van der Waals surface area contributed by atoms with E-state index in [0.29, 0.717) is 12.1 Å². The first-order valence-electron chi connectivity index (χ1n) is 7.11. The lowest BCUT2D eigenvalue weighted by molar-refractivity contribution is 0.0600. The lowest BCUT2D eigenvalue weighted by Gasteiger charge is -2.17. The number of aryl methyl sites for hydroxylation is 2. The van der Waals surface area contributed by atoms with Crippen molar-refractivity contribution in [3.63, 3.8) is 0 Å². The van der Waals surface area contributed by atoms with Crippen LogP contribution in [0.4, 0.5) is 5.69 Å². The first-order valence-corrected chi connectivity index (χ1v) is 7.93. The van der Waals surface area contributed by atoms with E-state index in [4.69, 9.17) is 4.74 Å². The van der Waals surface area contributed by atoms with E-state index >= 15 is 0 Å². The van der Waals surface area contributed by atoms with Gasteiger partial charge in [0.25, 0.3) is 5.91 Å². The SMILES string of the molecule is COC(=O)c1ccc2c(c1)CCN2C(=O)c1cc(C)sc1C. The number of esters is 1. The van der Waals surface area contributed by atoms with Crippen molar-refractivity contribution in [2.24, 2.45) is 0 Å². The van der Waals surface area contributed by atoms with Crippen molar-refractivity contribution in [2.45, 2.75) is 20.3 Å². The molecule has 0 unspecified atom stereocenters. The molecular weight excluding hydrogens is 298 g/mol. The van der Waals surface area contributed by atoms with Crippen molar-refractivity contribution < 1.29 is 14.3 Å². The molecule has 4 nitrogen and oxygen atoms in total. The van der Waals surface area contributed by atoms with Crippen molar-refractivity contribution in [3.05, 3.63) is 50.7 Å². The third-order valence-corrected chi connectivity index (χ3v) is 4.88. The molecule has 2 aromatic rings. The summed E-state index contributed by atoms with van der Waals surface area (Å²) in [7, 11) is 1.37. The molecule has 0 fully saturated rings. The second kappa shape index (κ2) is 5.57. The number of fused-ring (bicyclic) bond motifs is 1. The zero-order valence-electron chi connectivity index (χ0n) is 12.8. The molecule has 0 saturated heterocycles. The third-order valence-electron chi connectivity index (χ3n) is 3.91. The van der Waals surface area contributed by atoms with Crippen LogP contribution in [0.5, 0.6) is 0 Å². The Morgan fingerprint density at radius 2 is 2.00 bits per heavy atom. The number of carbonyl (C=O) groups excluding carboxylic acids is 2. The van der Waals surface area contributed by atoms with Crippen molar-refractivity contribution in [1.82, 2.24) is 0 Å². The molecule has 0 atom stereocenters. The third kappa shape index (κ3) is 2.41. The van der Waals surface area contributed by atoms with Gasteiger partial charge >= 0.3 is 5.97 Å². The molecule has 0 spiro atoms. The molecule has 0 N–H and O–H groups in total. The van der Waals surface area contributed by atoms with Gasteiger partial charge in [0, 0.05) is 22.0 Å². The Kier molecular flexibility index (Phi) is 3.74. The van der Waals surface area contributed by atoms with Gasteiger partial charge in [-0.1, -0.05) is 0 Å². The van der Waals surface area contributed by atoms with Gasteiger partial charge in [0.2, 0.25) is 0 Å². The molecule has 114 valence electrons. The second-order valence-electron chi connectivity index (χ2n) is 5.37. The van der Waals surface area contributed by atoms with Gasteiger partial charge in [-0.2, -0.15) is 0 Å². The summed E-state index contributed by atoms with van der Waals surface area (Å²) in [5.74, 6) is -0.316. The standard InChI is InChI=1S/C17H17NO3S/c1-10-8-14(11(2)22-10)16(19)18-7-6-12-9-13(17(20)21-3)4-5-15(12)18/h4-5,8-9H,6-7H2,1-3H3. The van der Waals surface area contributed by atoms with Crippen molar-refractivity contribution >= 4 is 28.9 Å². The molecule has 1 aromatic heterocycles. The maximum atomic E-state index is 12.8. The molecule has 22 heavy (non-hydrogen) atoms. The van der Waals surface area contributed by atoms with Gasteiger partial charge in [-0.25, -0.2) is 4.79 Å². The smallest absolute Gasteiger partial charge is 0.337 e. The quantitative estimate of drug-likeness (QED) is 0.798. The number of thiophene rings is 1. The van der Waals surface area contributed by atoms with Gasteiger partial charge in [0.1, 0.15) is 0 Å². The molecule has 0 radical (unpaired) electrons. The van der Waals surface area contributed by atoms with Gasteiger partial charge in [-0.3, -0.25) is 4.79 Å². The number of hydrogen-bond donors (Lipinski definition) is 0. The summed E-state index contributed by atoms with van der Waals surface area (Å²) in [5.41, 5.74) is 3.20. The molecule has 1 aliphatic heterocycles. The Labute approximate surface area is 133 Å². The number of methoxy groups -OCH3 is 1. The van der Waals surface area contributed by atoms with Crippen LogP contribution in [0.3, 0.4) is 0 Å². The zero-order chi connectivity index (χ0) is 15.9. The summed E-state index contributed by atoms with van der Waals surface area (Å²) >= 11 is 1.64. The predicted octanol–water partition coefficient (Wildman–Crippen LogP) is 3.35. The van der Waals surface area contributed by atoms with Crippen LogP contribution in [0, 0.1) is 13.8 Å². The lowest BCUT2D eigenvalue weighted by Crippen LogP contribution is -2.29. The summed E-state index contributed by atoms with van der Waals surface area (Å²) in [6.07, 6.45) is 0.758. The van der Waals surface area contributed by atoms with Crippen LogP contribution in [0.15, 0.2) is 24.3 Å². The predicted molar refractivity (Wildman–Crippen MR) is 87.0 cm³/mol. The largest absolute Gasteiger partial charge is 0.465 e. The van der Waals surface area contributed by atoms with E-state index in [2.05, 4.69) is 0 Å². The summed E-state index contributed by atoms with van der Waals surface area (Å²) in [5, 5.41) is 0. The minimum Gasteiger partial charge on any atom is -0.465 e. The van der Waals surface area contributed by atoms with Crippen LogP contribution in [0.25, 0.3) is 0 Å². The maximum absolute atomic E-state index is 12.8. The lowest BCUT2D eigenvalue weighted by atomic mass is 10.1. The van der Waals surface area contributed by atoms with Crippen LogP contribution >= 0.6 is 11.3 Å². The summed E-state index contributed by atoms with van der Waals surface area (Å²) in [6, 6.07) is 7.31. The number of benzene rings is 1. The van der Waals surface area contributed by atoms with Gasteiger partial charge in [0.15, 0.2) is 0 Å². The number of amides is 1. The number of nitrogens with zero attached hydrogens (tertiary/aromatic N) is 1. The second-order valence-corrected chi connectivity index (χ2v) is 6.83. The molecule has 5 heteroatoms. The summed E-state index contributed by atoms with van der Waals surface area (Å²) < 4.78 is 4.74. The molecule has 0 saturated carbocycles. The highest BCUT2D eigenvalue weighted by Gasteiger charge is 2.27. The maximum Gasteiger partial charge on any atom is 0.337 e. The van der Waals surface area contributed by atoms with E-state index in [1.807, 2.05) is 32.0 Å². The van der Waals surface area contributed by atoms with Gasteiger partial charge in [0.05, 0.1) is 18.2 Å². The normalized spacial score (nSPS) is 13.1. The van der Waals surface area contributed by atoms with Gasteiger partial charge in [-0.15, -0.1) is 11.3 Å². The van der Waals surface area contributed by atoms with Crippen LogP contribution in [0.2, 0.25) is 0 Å². The fraction of sp³-hybridized carbons (Fsp3) is 0.294. The first-order chi connectivity index (χ1) is 10.5. The Bertz CT molecular complexity index is 763. The highest BCUT2D eigenvalue weighted by molar-refractivity contribution is 7.12. The molecule has 1 amide bonds. The highest BCUT2D eigenvalue weighted by atomic mass is 32.1. The molecule has 2 heterocycles. The van der Waals surface area contributed by atoms with Gasteiger partial charge < -0.3 is 9.64 Å². The highest BCUT2D eigenvalue weighted by Crippen LogP contribution is 2.32. The monoisotopic (exact) mass is 315 g/mol. The summed E-state index contributed by atoms with van der Waals surface area (Å²) in [4.78, 5) is 28.3. The van der Waals surface area contributed by atoms with Crippen LogP contribution in [-0.2, 0) is 11.2 Å². The average Bonchev–Trinajstić information content (AvgIpc) is 3.08. The first kappa shape index (κ1) is 14.8. The Hall–Kier alpha value is -2.14. The van der Waals surface area contributed by atoms with E-state index in [1.165, 1.54) is 7.11 Å².